The van der Waals surface area contributed by atoms with Gasteiger partial charge in [0.1, 0.15) is 11.6 Å². The van der Waals surface area contributed by atoms with Crippen LogP contribution in [0.1, 0.15) is 31.4 Å². The van der Waals surface area contributed by atoms with Crippen molar-refractivity contribution in [3.05, 3.63) is 30.1 Å². The molecule has 2 fully saturated rings. The van der Waals surface area contributed by atoms with Crippen LogP contribution in [0.3, 0.4) is 0 Å². The molecule has 0 aromatic carbocycles. The molecule has 0 aliphatic carbocycles. The number of aromatic nitrogens is 4. The molecule has 3 atom stereocenters. The number of hydrogen-bond donors (Lipinski definition) is 4. The van der Waals surface area contributed by atoms with E-state index in [1.54, 1.807) is 17.0 Å². The van der Waals surface area contributed by atoms with Crippen molar-refractivity contribution in [3.63, 3.8) is 0 Å². The van der Waals surface area contributed by atoms with Gasteiger partial charge in [-0.25, -0.2) is 18.2 Å². The minimum Gasteiger partial charge on any atom is -0.465 e. The number of hydrogen-bond acceptors (Lipinski definition) is 8. The van der Waals surface area contributed by atoms with Gasteiger partial charge in [-0.2, -0.15) is 5.10 Å². The SMILES string of the molecule is Cc1cc(Nc2cc3ncc(S(C)(=O)=O)cc3c(N[C@H]3C[C@H]4CC[C@@H](C3)N4C(=O)O)n2)n[nH]1. The van der Waals surface area contributed by atoms with Crippen LogP contribution < -0.4 is 10.6 Å². The molecule has 12 heteroatoms. The second-order valence-electron chi connectivity index (χ2n) is 8.81. The van der Waals surface area contributed by atoms with Gasteiger partial charge in [0.05, 0.1) is 10.4 Å². The quantitative estimate of drug-likeness (QED) is 0.440. The van der Waals surface area contributed by atoms with E-state index in [1.165, 1.54) is 6.20 Å². The number of aromatic amines is 1. The third kappa shape index (κ3) is 4.17. The number of H-pyrrole nitrogens is 1. The Bertz CT molecular complexity index is 1330. The fraction of sp³-hybridized carbons (Fsp3) is 0.429. The number of nitrogens with zero attached hydrogens (tertiary/aromatic N) is 4. The van der Waals surface area contributed by atoms with E-state index in [-0.39, 0.29) is 23.0 Å². The van der Waals surface area contributed by atoms with E-state index in [4.69, 9.17) is 4.98 Å². The highest BCUT2D eigenvalue weighted by molar-refractivity contribution is 7.90. The molecule has 1 amide bonds. The van der Waals surface area contributed by atoms with Crippen LogP contribution >= 0.6 is 0 Å². The molecule has 11 nitrogen and oxygen atoms in total. The number of amides is 1. The van der Waals surface area contributed by atoms with Crippen LogP contribution in [0.2, 0.25) is 0 Å². The lowest BCUT2D eigenvalue weighted by atomic mass is 9.97. The molecule has 0 unspecified atom stereocenters. The standard InChI is InChI=1S/C21H25N7O4S/c1-11-5-19(27-26-11)24-18-9-17-16(8-15(10-22-17)33(2,31)32)20(25-18)23-12-6-13-3-4-14(7-12)28(13)21(29)30/h5,8-10,12-14H,3-4,6-7H2,1-2H3,(H,29,30)(H3,23,24,25,26,27)/t12-,13+,14-. The Morgan fingerprint density at radius 1 is 1.18 bits per heavy atom. The van der Waals surface area contributed by atoms with Gasteiger partial charge in [0, 0.05) is 53.8 Å². The largest absolute Gasteiger partial charge is 0.465 e. The van der Waals surface area contributed by atoms with Gasteiger partial charge in [-0.3, -0.25) is 10.1 Å². The third-order valence-corrected chi connectivity index (χ3v) is 7.42. The monoisotopic (exact) mass is 471 g/mol. The Hall–Kier alpha value is -3.41. The smallest absolute Gasteiger partial charge is 0.407 e. The van der Waals surface area contributed by atoms with Crippen LogP contribution in [-0.2, 0) is 9.84 Å². The summed E-state index contributed by atoms with van der Waals surface area (Å²) in [6.45, 7) is 1.89. The third-order valence-electron chi connectivity index (χ3n) is 6.34. The molecular weight excluding hydrogens is 446 g/mol. The number of carboxylic acid groups (broad SMARTS) is 1. The predicted molar refractivity (Wildman–Crippen MR) is 123 cm³/mol. The molecule has 0 radical (unpaired) electrons. The minimum absolute atomic E-state index is 0.0126. The second kappa shape index (κ2) is 7.87. The van der Waals surface area contributed by atoms with Crippen molar-refractivity contribution >= 4 is 44.3 Å². The van der Waals surface area contributed by atoms with Gasteiger partial charge >= 0.3 is 6.09 Å². The lowest BCUT2D eigenvalue weighted by molar-refractivity contribution is 0.0994. The summed E-state index contributed by atoms with van der Waals surface area (Å²) in [5.41, 5.74) is 1.48. The highest BCUT2D eigenvalue weighted by Crippen LogP contribution is 2.37. The van der Waals surface area contributed by atoms with Gasteiger partial charge in [0.25, 0.3) is 0 Å². The topological polar surface area (TPSA) is 153 Å². The average Bonchev–Trinajstić information content (AvgIpc) is 3.27. The number of anilines is 3. The highest BCUT2D eigenvalue weighted by atomic mass is 32.2. The molecule has 2 bridgehead atoms. The Morgan fingerprint density at radius 3 is 2.52 bits per heavy atom. The predicted octanol–water partition coefficient (Wildman–Crippen LogP) is 2.89. The molecule has 33 heavy (non-hydrogen) atoms. The first-order valence-electron chi connectivity index (χ1n) is 10.7. The van der Waals surface area contributed by atoms with Gasteiger partial charge in [-0.15, -0.1) is 0 Å². The molecule has 3 aromatic heterocycles. The van der Waals surface area contributed by atoms with E-state index in [0.29, 0.717) is 41.2 Å². The summed E-state index contributed by atoms with van der Waals surface area (Å²) in [4.78, 5) is 22.4. The van der Waals surface area contributed by atoms with Gasteiger partial charge in [0.15, 0.2) is 15.7 Å². The summed E-state index contributed by atoms with van der Waals surface area (Å²) in [5.74, 6) is 1.63. The highest BCUT2D eigenvalue weighted by Gasteiger charge is 2.43. The first-order chi connectivity index (χ1) is 15.7. The summed E-state index contributed by atoms with van der Waals surface area (Å²) < 4.78 is 24.2. The lowest BCUT2D eigenvalue weighted by Gasteiger charge is -2.37. The summed E-state index contributed by atoms with van der Waals surface area (Å²) in [5, 5.41) is 23.8. The molecule has 2 aliphatic heterocycles. The minimum atomic E-state index is -3.44. The number of aryl methyl sites for hydroxylation is 1. The average molecular weight is 472 g/mol. The normalized spacial score (nSPS) is 22.5. The molecule has 174 valence electrons. The van der Waals surface area contributed by atoms with E-state index < -0.39 is 15.9 Å². The van der Waals surface area contributed by atoms with E-state index in [0.717, 1.165) is 24.8 Å². The molecular formula is C21H25N7O4S. The number of rotatable bonds is 5. The van der Waals surface area contributed by atoms with Crippen LogP contribution in [0, 0.1) is 6.92 Å². The van der Waals surface area contributed by atoms with Crippen molar-refractivity contribution in [1.29, 1.82) is 0 Å². The molecule has 0 spiro atoms. The Balaban J connectivity index is 1.51. The second-order valence-corrected chi connectivity index (χ2v) is 10.8. The van der Waals surface area contributed by atoms with Gasteiger partial charge in [-0.05, 0) is 38.7 Å². The number of sulfone groups is 1. The van der Waals surface area contributed by atoms with Crippen molar-refractivity contribution in [2.24, 2.45) is 0 Å². The summed E-state index contributed by atoms with van der Waals surface area (Å²) >= 11 is 0. The van der Waals surface area contributed by atoms with E-state index in [2.05, 4.69) is 25.8 Å². The molecule has 4 N–H and O–H groups in total. The van der Waals surface area contributed by atoms with Crippen LogP contribution in [0.4, 0.5) is 22.2 Å². The van der Waals surface area contributed by atoms with Crippen molar-refractivity contribution < 1.29 is 18.3 Å². The molecule has 5 heterocycles. The van der Waals surface area contributed by atoms with Crippen molar-refractivity contribution in [3.8, 4) is 0 Å². The fourth-order valence-electron chi connectivity index (χ4n) is 4.89. The summed E-state index contributed by atoms with van der Waals surface area (Å²) in [6, 6.07) is 5.13. The number of nitrogens with one attached hydrogen (secondary N) is 3. The Morgan fingerprint density at radius 2 is 1.91 bits per heavy atom. The first kappa shape index (κ1) is 21.4. The van der Waals surface area contributed by atoms with Crippen molar-refractivity contribution in [2.75, 3.05) is 16.9 Å². The number of piperidine rings is 1. The number of fused-ring (bicyclic) bond motifs is 3. The van der Waals surface area contributed by atoms with Gasteiger partial charge < -0.3 is 20.6 Å². The molecule has 2 saturated heterocycles. The summed E-state index contributed by atoms with van der Waals surface area (Å²) in [7, 11) is -3.44. The molecule has 0 saturated carbocycles. The van der Waals surface area contributed by atoms with E-state index in [9.17, 15) is 18.3 Å². The zero-order valence-electron chi connectivity index (χ0n) is 18.2. The zero-order valence-corrected chi connectivity index (χ0v) is 19.1. The first-order valence-corrected chi connectivity index (χ1v) is 12.6. The fourth-order valence-corrected chi connectivity index (χ4v) is 5.47. The molecule has 2 aliphatic rings. The van der Waals surface area contributed by atoms with Crippen LogP contribution in [-0.4, -0.2) is 69.1 Å². The molecule has 3 aromatic rings. The summed E-state index contributed by atoms with van der Waals surface area (Å²) in [6.07, 6.45) is 4.66. The van der Waals surface area contributed by atoms with Crippen LogP contribution in [0.15, 0.2) is 29.3 Å². The Kier molecular flexibility index (Phi) is 5.11. The van der Waals surface area contributed by atoms with Crippen LogP contribution in [0.25, 0.3) is 10.9 Å². The van der Waals surface area contributed by atoms with Crippen molar-refractivity contribution in [1.82, 2.24) is 25.1 Å². The van der Waals surface area contributed by atoms with E-state index >= 15 is 0 Å². The van der Waals surface area contributed by atoms with Crippen molar-refractivity contribution in [2.45, 2.75) is 55.6 Å². The van der Waals surface area contributed by atoms with Crippen LogP contribution in [0.5, 0.6) is 0 Å². The maximum atomic E-state index is 12.1. The van der Waals surface area contributed by atoms with Gasteiger partial charge in [0.2, 0.25) is 0 Å². The maximum absolute atomic E-state index is 12.1. The Labute approximate surface area is 190 Å². The zero-order chi connectivity index (χ0) is 23.3. The number of pyridine rings is 2. The van der Waals surface area contributed by atoms with E-state index in [1.807, 2.05) is 13.0 Å². The maximum Gasteiger partial charge on any atom is 0.407 e. The molecule has 5 rings (SSSR count). The number of carbonyl (C=O) groups is 1. The lowest BCUT2D eigenvalue weighted by Crippen LogP contribution is -2.49. The van der Waals surface area contributed by atoms with Gasteiger partial charge in [-0.1, -0.05) is 0 Å².